The van der Waals surface area contributed by atoms with E-state index in [9.17, 15) is 4.79 Å². The molecule has 140 valence electrons. The van der Waals surface area contributed by atoms with Crippen molar-refractivity contribution in [2.45, 2.75) is 54.5 Å². The number of hydrogen-bond acceptors (Lipinski definition) is 3. The SMILES string of the molecule is O=c1c2c(nc3n1CC(c1ccccc1)S3)-c1ccccc1CC21CCCC1. The van der Waals surface area contributed by atoms with Gasteiger partial charge in [0.1, 0.15) is 0 Å². The van der Waals surface area contributed by atoms with Gasteiger partial charge in [0, 0.05) is 17.5 Å². The molecule has 1 unspecified atom stereocenters. The zero-order valence-corrected chi connectivity index (χ0v) is 16.5. The van der Waals surface area contributed by atoms with Crippen LogP contribution in [0.2, 0.25) is 0 Å². The molecule has 0 radical (unpaired) electrons. The van der Waals surface area contributed by atoms with Gasteiger partial charge in [-0.2, -0.15) is 0 Å². The lowest BCUT2D eigenvalue weighted by molar-refractivity contribution is 0.417. The first-order chi connectivity index (χ1) is 13.8. The van der Waals surface area contributed by atoms with Crippen LogP contribution in [0.1, 0.15) is 47.6 Å². The summed E-state index contributed by atoms with van der Waals surface area (Å²) in [5.41, 5.74) is 5.96. The molecule has 0 saturated heterocycles. The zero-order chi connectivity index (χ0) is 18.7. The Bertz CT molecular complexity index is 1130. The van der Waals surface area contributed by atoms with E-state index in [1.165, 1.54) is 29.5 Å². The van der Waals surface area contributed by atoms with Crippen molar-refractivity contribution in [1.29, 1.82) is 0 Å². The lowest BCUT2D eigenvalue weighted by Gasteiger charge is -2.36. The number of fused-ring (bicyclic) bond motifs is 5. The molecule has 1 atom stereocenters. The molecule has 2 heterocycles. The summed E-state index contributed by atoms with van der Waals surface area (Å²) in [6.45, 7) is 0.723. The Labute approximate surface area is 168 Å². The maximum absolute atomic E-state index is 13.8. The molecule has 3 nitrogen and oxygen atoms in total. The number of rotatable bonds is 1. The third-order valence-electron chi connectivity index (χ3n) is 6.79. The predicted molar refractivity (Wildman–Crippen MR) is 113 cm³/mol. The van der Waals surface area contributed by atoms with E-state index in [1.54, 1.807) is 11.8 Å². The molecule has 1 aromatic heterocycles. The van der Waals surface area contributed by atoms with Gasteiger partial charge >= 0.3 is 0 Å². The van der Waals surface area contributed by atoms with E-state index in [1.807, 2.05) is 10.6 Å². The number of hydrogen-bond donors (Lipinski definition) is 0. The van der Waals surface area contributed by atoms with Crippen molar-refractivity contribution >= 4 is 11.8 Å². The van der Waals surface area contributed by atoms with Crippen molar-refractivity contribution in [3.05, 3.63) is 81.6 Å². The van der Waals surface area contributed by atoms with Crippen LogP contribution in [0.15, 0.2) is 64.5 Å². The van der Waals surface area contributed by atoms with Crippen LogP contribution in [0.5, 0.6) is 0 Å². The fourth-order valence-corrected chi connectivity index (χ4v) is 6.67. The third-order valence-corrected chi connectivity index (χ3v) is 8.02. The molecule has 2 aliphatic carbocycles. The van der Waals surface area contributed by atoms with Gasteiger partial charge in [-0.25, -0.2) is 4.98 Å². The normalized spacial score (nSPS) is 21.4. The van der Waals surface area contributed by atoms with E-state index in [2.05, 4.69) is 48.5 Å². The highest BCUT2D eigenvalue weighted by Crippen LogP contribution is 2.51. The maximum Gasteiger partial charge on any atom is 0.258 e. The average Bonchev–Trinajstić information content (AvgIpc) is 3.36. The summed E-state index contributed by atoms with van der Waals surface area (Å²) < 4.78 is 1.95. The molecule has 3 aliphatic rings. The van der Waals surface area contributed by atoms with Crippen molar-refractivity contribution in [3.63, 3.8) is 0 Å². The topological polar surface area (TPSA) is 34.9 Å². The molecule has 0 amide bonds. The monoisotopic (exact) mass is 386 g/mol. The van der Waals surface area contributed by atoms with Crippen LogP contribution < -0.4 is 5.56 Å². The van der Waals surface area contributed by atoms with E-state index in [0.29, 0.717) is 0 Å². The van der Waals surface area contributed by atoms with E-state index in [4.69, 9.17) is 4.98 Å². The van der Waals surface area contributed by atoms with E-state index in [-0.39, 0.29) is 16.2 Å². The summed E-state index contributed by atoms with van der Waals surface area (Å²) in [6.07, 6.45) is 5.63. The Hall–Kier alpha value is -2.33. The molecule has 28 heavy (non-hydrogen) atoms. The largest absolute Gasteiger partial charge is 0.286 e. The van der Waals surface area contributed by atoms with Crippen LogP contribution in [-0.4, -0.2) is 9.55 Å². The van der Waals surface area contributed by atoms with Gasteiger partial charge in [0.05, 0.1) is 16.5 Å². The van der Waals surface area contributed by atoms with Crippen LogP contribution in [0.25, 0.3) is 11.3 Å². The third kappa shape index (κ3) is 2.30. The quantitative estimate of drug-likeness (QED) is 0.544. The molecule has 1 saturated carbocycles. The van der Waals surface area contributed by atoms with Crippen molar-refractivity contribution in [2.24, 2.45) is 0 Å². The second-order valence-electron chi connectivity index (χ2n) is 8.37. The Kier molecular flexibility index (Phi) is 3.61. The van der Waals surface area contributed by atoms with Gasteiger partial charge in [0.2, 0.25) is 0 Å². The number of thioether (sulfide) groups is 1. The van der Waals surface area contributed by atoms with E-state index in [0.717, 1.165) is 42.2 Å². The highest BCUT2D eigenvalue weighted by molar-refractivity contribution is 7.99. The fourth-order valence-electron chi connectivity index (χ4n) is 5.47. The second kappa shape index (κ2) is 6.08. The minimum atomic E-state index is -0.00863. The lowest BCUT2D eigenvalue weighted by Crippen LogP contribution is -2.39. The van der Waals surface area contributed by atoms with Crippen molar-refractivity contribution < 1.29 is 0 Å². The molecule has 2 aromatic carbocycles. The summed E-state index contributed by atoms with van der Waals surface area (Å²) >= 11 is 1.73. The average molecular weight is 387 g/mol. The summed E-state index contributed by atoms with van der Waals surface area (Å²) in [7, 11) is 0. The van der Waals surface area contributed by atoms with Gasteiger partial charge < -0.3 is 0 Å². The standard InChI is InChI=1S/C24H22N2OS/c27-22-20-21(18-11-5-4-10-17(18)14-24(20)12-6-7-13-24)25-23-26(22)15-19(28-23)16-8-2-1-3-9-16/h1-5,8-11,19H,6-7,12-15H2. The van der Waals surface area contributed by atoms with Crippen molar-refractivity contribution in [1.82, 2.24) is 9.55 Å². The molecule has 1 fully saturated rings. The lowest BCUT2D eigenvalue weighted by atomic mass is 9.68. The Morgan fingerprint density at radius 2 is 1.75 bits per heavy atom. The molecule has 1 spiro atoms. The molecule has 1 aliphatic heterocycles. The molecule has 0 N–H and O–H groups in total. The molecule has 3 aromatic rings. The molecule has 0 bridgehead atoms. The molecular weight excluding hydrogens is 364 g/mol. The fraction of sp³-hybridized carbons (Fsp3) is 0.333. The first-order valence-corrected chi connectivity index (χ1v) is 11.1. The second-order valence-corrected chi connectivity index (χ2v) is 9.54. The number of nitrogens with zero attached hydrogens (tertiary/aromatic N) is 2. The molecular formula is C24H22N2OS. The Balaban J connectivity index is 1.55. The predicted octanol–water partition coefficient (Wildman–Crippen LogP) is 5.13. The van der Waals surface area contributed by atoms with Gasteiger partial charge in [0.25, 0.3) is 5.56 Å². The van der Waals surface area contributed by atoms with Crippen LogP contribution in [0.4, 0.5) is 0 Å². The van der Waals surface area contributed by atoms with E-state index < -0.39 is 0 Å². The molecule has 6 rings (SSSR count). The number of aromatic nitrogens is 2. The highest BCUT2D eigenvalue weighted by atomic mass is 32.2. The smallest absolute Gasteiger partial charge is 0.258 e. The van der Waals surface area contributed by atoms with Crippen LogP contribution in [-0.2, 0) is 18.4 Å². The maximum atomic E-state index is 13.8. The number of benzene rings is 2. The van der Waals surface area contributed by atoms with Crippen molar-refractivity contribution in [2.75, 3.05) is 0 Å². The highest BCUT2D eigenvalue weighted by Gasteiger charge is 2.45. The summed E-state index contributed by atoms with van der Waals surface area (Å²) in [5.74, 6) is 0. The van der Waals surface area contributed by atoms with Gasteiger partial charge in [0.15, 0.2) is 5.16 Å². The van der Waals surface area contributed by atoms with E-state index >= 15 is 0 Å². The summed E-state index contributed by atoms with van der Waals surface area (Å²) in [4.78, 5) is 18.9. The Morgan fingerprint density at radius 1 is 1.00 bits per heavy atom. The zero-order valence-electron chi connectivity index (χ0n) is 15.7. The first-order valence-electron chi connectivity index (χ1n) is 10.2. The van der Waals surface area contributed by atoms with Gasteiger partial charge in [-0.15, -0.1) is 0 Å². The van der Waals surface area contributed by atoms with Gasteiger partial charge in [-0.05, 0) is 30.4 Å². The van der Waals surface area contributed by atoms with Gasteiger partial charge in [-0.3, -0.25) is 9.36 Å². The van der Waals surface area contributed by atoms with Gasteiger partial charge in [-0.1, -0.05) is 79.2 Å². The Morgan fingerprint density at radius 3 is 2.57 bits per heavy atom. The van der Waals surface area contributed by atoms with Crippen molar-refractivity contribution in [3.8, 4) is 11.3 Å². The minimum absolute atomic E-state index is 0.00863. The summed E-state index contributed by atoms with van der Waals surface area (Å²) in [6, 6.07) is 19.1. The van der Waals surface area contributed by atoms with Crippen LogP contribution in [0.3, 0.4) is 0 Å². The summed E-state index contributed by atoms with van der Waals surface area (Å²) in [5, 5.41) is 1.14. The van der Waals surface area contributed by atoms with Crippen LogP contribution >= 0.6 is 11.8 Å². The van der Waals surface area contributed by atoms with Crippen LogP contribution in [0, 0.1) is 0 Å². The first kappa shape index (κ1) is 16.6. The minimum Gasteiger partial charge on any atom is -0.286 e. The molecule has 4 heteroatoms.